The minimum absolute atomic E-state index is 0.0814. The highest BCUT2D eigenvalue weighted by atomic mass is 19.1. The summed E-state index contributed by atoms with van der Waals surface area (Å²) in [6.07, 6.45) is 3.73. The monoisotopic (exact) mass is 409 g/mol. The van der Waals surface area contributed by atoms with Gasteiger partial charge in [0.05, 0.1) is 29.0 Å². The van der Waals surface area contributed by atoms with Crippen molar-refractivity contribution in [2.75, 3.05) is 18.9 Å². The van der Waals surface area contributed by atoms with E-state index in [9.17, 15) is 4.39 Å². The van der Waals surface area contributed by atoms with Gasteiger partial charge in [-0.2, -0.15) is 9.97 Å². The maximum Gasteiger partial charge on any atom is 0.327 e. The number of hydrogen-bond acceptors (Lipinski definition) is 8. The maximum absolute atomic E-state index is 15.0. The van der Waals surface area contributed by atoms with E-state index in [4.69, 9.17) is 15.2 Å². The predicted octanol–water partition coefficient (Wildman–Crippen LogP) is 2.83. The van der Waals surface area contributed by atoms with Crippen molar-refractivity contribution in [3.63, 3.8) is 0 Å². The van der Waals surface area contributed by atoms with Crippen LogP contribution in [0.2, 0.25) is 0 Å². The highest BCUT2D eigenvalue weighted by Gasteiger charge is 2.29. The number of nitrogens with two attached hydrogens (primary N) is 1. The number of hydrogen-bond donors (Lipinski definition) is 3. The summed E-state index contributed by atoms with van der Waals surface area (Å²) in [6, 6.07) is 1.56. The molecule has 0 amide bonds. The second-order valence-corrected chi connectivity index (χ2v) is 7.13. The van der Waals surface area contributed by atoms with Gasteiger partial charge < -0.3 is 25.5 Å². The standard InChI is InChI=1S/C20H20FN7O2/c1-9-24-7-11(8-25-9)30-20-27-18-16-15-12(5-10(3-4-22)29-19(16)28-20)13(21)6-14(23-2)17(15)26-18/h6-8,10,23H,3-5,22H2,1-2H3,(H,26,27,28)/t10-/m0/s1. The molecule has 0 radical (unpaired) electrons. The number of nitrogens with zero attached hydrogens (tertiary/aromatic N) is 4. The van der Waals surface area contributed by atoms with Gasteiger partial charge in [-0.25, -0.2) is 14.4 Å². The number of nitrogens with one attached hydrogen (secondary N) is 2. The molecule has 0 saturated carbocycles. The first-order chi connectivity index (χ1) is 14.6. The third-order valence-electron chi connectivity index (χ3n) is 5.16. The fraction of sp³-hybridized carbons (Fsp3) is 0.300. The zero-order valence-corrected chi connectivity index (χ0v) is 16.5. The van der Waals surface area contributed by atoms with Crippen LogP contribution >= 0.6 is 0 Å². The zero-order valence-electron chi connectivity index (χ0n) is 16.5. The minimum atomic E-state index is -0.311. The van der Waals surface area contributed by atoms with Crippen molar-refractivity contribution < 1.29 is 13.9 Å². The molecule has 4 heterocycles. The summed E-state index contributed by atoms with van der Waals surface area (Å²) in [5.41, 5.74) is 8.18. The summed E-state index contributed by atoms with van der Waals surface area (Å²) in [5.74, 6) is 1.06. The summed E-state index contributed by atoms with van der Waals surface area (Å²) in [6.45, 7) is 2.20. The Balaban J connectivity index is 1.72. The first-order valence-electron chi connectivity index (χ1n) is 9.63. The molecule has 0 saturated heterocycles. The van der Waals surface area contributed by atoms with Crippen LogP contribution in [0.3, 0.4) is 0 Å². The van der Waals surface area contributed by atoms with Gasteiger partial charge >= 0.3 is 6.01 Å². The van der Waals surface area contributed by atoms with E-state index in [1.54, 1.807) is 26.4 Å². The molecule has 1 atom stereocenters. The lowest BCUT2D eigenvalue weighted by atomic mass is 10.00. The van der Waals surface area contributed by atoms with E-state index in [-0.39, 0.29) is 17.9 Å². The molecular formula is C20H20FN7O2. The Morgan fingerprint density at radius 3 is 2.83 bits per heavy atom. The number of H-pyrrole nitrogens is 1. The molecule has 1 aliphatic rings. The number of benzene rings is 1. The molecule has 0 bridgehead atoms. The van der Waals surface area contributed by atoms with Crippen LogP contribution in [0.15, 0.2) is 18.5 Å². The number of aromatic nitrogens is 5. The van der Waals surface area contributed by atoms with Crippen molar-refractivity contribution in [1.82, 2.24) is 24.9 Å². The molecule has 0 unspecified atom stereocenters. The summed E-state index contributed by atoms with van der Waals surface area (Å²) < 4.78 is 26.9. The van der Waals surface area contributed by atoms with Crippen molar-refractivity contribution in [2.45, 2.75) is 25.9 Å². The van der Waals surface area contributed by atoms with Gasteiger partial charge in [0.15, 0.2) is 5.75 Å². The second kappa shape index (κ2) is 7.06. The third-order valence-corrected chi connectivity index (χ3v) is 5.16. The van der Waals surface area contributed by atoms with E-state index >= 15 is 0 Å². The molecule has 9 nitrogen and oxygen atoms in total. The van der Waals surface area contributed by atoms with Crippen molar-refractivity contribution in [3.05, 3.63) is 35.7 Å². The molecule has 4 N–H and O–H groups in total. The van der Waals surface area contributed by atoms with E-state index in [2.05, 4.69) is 30.2 Å². The molecule has 1 aliphatic heterocycles. The molecule has 30 heavy (non-hydrogen) atoms. The second-order valence-electron chi connectivity index (χ2n) is 7.13. The van der Waals surface area contributed by atoms with Gasteiger partial charge in [-0.05, 0) is 26.0 Å². The normalized spacial score (nSPS) is 15.4. The number of aryl methyl sites for hydroxylation is 1. The minimum Gasteiger partial charge on any atom is -0.473 e. The van der Waals surface area contributed by atoms with Crippen LogP contribution < -0.4 is 20.5 Å². The van der Waals surface area contributed by atoms with Gasteiger partial charge in [0.2, 0.25) is 5.88 Å². The number of rotatable bonds is 5. The van der Waals surface area contributed by atoms with Crippen LogP contribution in [0.5, 0.6) is 17.6 Å². The molecule has 154 valence electrons. The molecule has 0 aliphatic carbocycles. The smallest absolute Gasteiger partial charge is 0.327 e. The first-order valence-corrected chi connectivity index (χ1v) is 9.63. The van der Waals surface area contributed by atoms with Crippen LogP contribution in [0.4, 0.5) is 10.1 Å². The highest BCUT2D eigenvalue weighted by Crippen LogP contribution is 2.42. The average Bonchev–Trinajstić information content (AvgIpc) is 3.02. The Kier molecular flexibility index (Phi) is 4.35. The lowest BCUT2D eigenvalue weighted by Gasteiger charge is -2.17. The summed E-state index contributed by atoms with van der Waals surface area (Å²) in [7, 11) is 1.74. The Hall–Kier alpha value is -3.53. The van der Waals surface area contributed by atoms with E-state index in [1.807, 2.05) is 0 Å². The number of ether oxygens (including phenoxy) is 2. The van der Waals surface area contributed by atoms with Crippen molar-refractivity contribution in [2.24, 2.45) is 5.73 Å². The average molecular weight is 409 g/mol. The van der Waals surface area contributed by atoms with Gasteiger partial charge in [-0.3, -0.25) is 0 Å². The molecule has 10 heteroatoms. The molecule has 1 aromatic carbocycles. The number of halogens is 1. The lowest BCUT2D eigenvalue weighted by Crippen LogP contribution is -2.23. The highest BCUT2D eigenvalue weighted by molar-refractivity contribution is 6.14. The molecule has 4 aromatic rings. The zero-order chi connectivity index (χ0) is 20.8. The Morgan fingerprint density at radius 1 is 1.30 bits per heavy atom. The van der Waals surface area contributed by atoms with Crippen LogP contribution in [0, 0.1) is 12.7 Å². The lowest BCUT2D eigenvalue weighted by molar-refractivity contribution is 0.188. The van der Waals surface area contributed by atoms with Crippen LogP contribution in [0.25, 0.3) is 21.9 Å². The van der Waals surface area contributed by atoms with Gasteiger partial charge in [0.25, 0.3) is 0 Å². The van der Waals surface area contributed by atoms with E-state index in [0.29, 0.717) is 64.5 Å². The first kappa shape index (κ1) is 18.5. The van der Waals surface area contributed by atoms with Gasteiger partial charge in [-0.1, -0.05) is 0 Å². The Morgan fingerprint density at radius 2 is 2.10 bits per heavy atom. The largest absolute Gasteiger partial charge is 0.473 e. The Bertz CT molecular complexity index is 1260. The van der Waals surface area contributed by atoms with E-state index in [0.717, 1.165) is 5.52 Å². The van der Waals surface area contributed by atoms with Crippen molar-refractivity contribution >= 4 is 27.6 Å². The van der Waals surface area contributed by atoms with Gasteiger partial charge in [-0.15, -0.1) is 0 Å². The van der Waals surface area contributed by atoms with Crippen molar-refractivity contribution in [1.29, 1.82) is 0 Å². The summed E-state index contributed by atoms with van der Waals surface area (Å²) in [4.78, 5) is 20.4. The summed E-state index contributed by atoms with van der Waals surface area (Å²) in [5, 5.41) is 4.38. The maximum atomic E-state index is 15.0. The topological polar surface area (TPSA) is 124 Å². The van der Waals surface area contributed by atoms with Crippen molar-refractivity contribution in [3.8, 4) is 17.6 Å². The van der Waals surface area contributed by atoms with Crippen LogP contribution in [-0.2, 0) is 6.42 Å². The number of aromatic amines is 1. The molecule has 0 spiro atoms. The SMILES string of the molecule is CNc1cc(F)c2c3c1[nH]c1nc(Oc4cnc(C)nc4)nc(c13)O[C@@H](CCN)C2. The third kappa shape index (κ3) is 2.96. The van der Waals surface area contributed by atoms with Crippen LogP contribution in [0.1, 0.15) is 17.8 Å². The van der Waals surface area contributed by atoms with Gasteiger partial charge in [0, 0.05) is 24.4 Å². The van der Waals surface area contributed by atoms with Gasteiger partial charge in [0.1, 0.15) is 23.4 Å². The Labute approximate surface area is 170 Å². The van der Waals surface area contributed by atoms with E-state index in [1.165, 1.54) is 6.07 Å². The quantitative estimate of drug-likeness (QED) is 0.460. The molecule has 3 aromatic heterocycles. The molecule has 0 fully saturated rings. The van der Waals surface area contributed by atoms with E-state index < -0.39 is 0 Å². The predicted molar refractivity (Wildman–Crippen MR) is 110 cm³/mol. The molecule has 5 rings (SSSR count). The molecular weight excluding hydrogens is 389 g/mol. The number of anilines is 1. The summed E-state index contributed by atoms with van der Waals surface area (Å²) >= 11 is 0. The fourth-order valence-electron chi connectivity index (χ4n) is 3.79. The van der Waals surface area contributed by atoms with Crippen LogP contribution in [-0.4, -0.2) is 44.6 Å². The fourth-order valence-corrected chi connectivity index (χ4v) is 3.79.